The molecule has 2 aliphatic carbocycles. The van der Waals surface area contributed by atoms with Crippen LogP contribution in [0.4, 0.5) is 0 Å². The first kappa shape index (κ1) is 19.6. The Morgan fingerprint density at radius 1 is 0.875 bits per heavy atom. The van der Waals surface area contributed by atoms with Gasteiger partial charge in [0.2, 0.25) is 0 Å². The third-order valence-corrected chi connectivity index (χ3v) is 5.73. The summed E-state index contributed by atoms with van der Waals surface area (Å²) < 4.78 is 0. The first-order valence-electron chi connectivity index (χ1n) is 9.25. The third kappa shape index (κ3) is 4.48. The molecule has 2 rings (SSSR count). The minimum Gasteiger partial charge on any atom is -0.389 e. The molecule has 0 amide bonds. The van der Waals surface area contributed by atoms with Gasteiger partial charge >= 0.3 is 0 Å². The van der Waals surface area contributed by atoms with Crippen LogP contribution >= 0.6 is 0 Å². The zero-order valence-corrected chi connectivity index (χ0v) is 15.9. The highest BCUT2D eigenvalue weighted by atomic mass is 17.2. The van der Waals surface area contributed by atoms with Crippen molar-refractivity contribution in [2.45, 2.75) is 78.8 Å². The lowest BCUT2D eigenvalue weighted by Gasteiger charge is -2.37. The summed E-state index contributed by atoms with van der Waals surface area (Å²) in [5.74, 6) is 1.23. The van der Waals surface area contributed by atoms with Crippen LogP contribution in [0.25, 0.3) is 0 Å². The second-order valence-electron chi connectivity index (χ2n) is 8.26. The van der Waals surface area contributed by atoms with E-state index in [2.05, 4.69) is 27.7 Å². The van der Waals surface area contributed by atoms with Crippen molar-refractivity contribution >= 4 is 0 Å². The Balaban J connectivity index is 2.04. The van der Waals surface area contributed by atoms with Crippen LogP contribution in [-0.4, -0.2) is 34.6 Å². The van der Waals surface area contributed by atoms with Crippen LogP contribution in [0.15, 0.2) is 23.3 Å². The van der Waals surface area contributed by atoms with E-state index in [0.29, 0.717) is 18.3 Å². The normalized spacial score (nSPS) is 37.6. The highest BCUT2D eigenvalue weighted by molar-refractivity contribution is 5.15. The molecule has 4 heteroatoms. The van der Waals surface area contributed by atoms with Crippen molar-refractivity contribution in [1.29, 1.82) is 0 Å². The molecule has 0 heterocycles. The summed E-state index contributed by atoms with van der Waals surface area (Å²) in [7, 11) is 0. The molecular weight excluding hydrogens is 304 g/mol. The Morgan fingerprint density at radius 2 is 1.50 bits per heavy atom. The van der Waals surface area contributed by atoms with Crippen LogP contribution in [0, 0.1) is 23.7 Å². The molecule has 0 fully saturated rings. The largest absolute Gasteiger partial charge is 0.389 e. The quantitative estimate of drug-likeness (QED) is 0.456. The van der Waals surface area contributed by atoms with Gasteiger partial charge in [-0.3, -0.25) is 0 Å². The summed E-state index contributed by atoms with van der Waals surface area (Å²) in [6.45, 7) is 12.5. The van der Waals surface area contributed by atoms with Crippen LogP contribution in [-0.2, 0) is 9.78 Å². The molecule has 138 valence electrons. The summed E-state index contributed by atoms with van der Waals surface area (Å²) in [4.78, 5) is 11.7. The maximum Gasteiger partial charge on any atom is 0.115 e. The number of hydrogen-bond donors (Lipinski definition) is 2. The fourth-order valence-electron chi connectivity index (χ4n) is 3.81. The molecule has 0 aliphatic heterocycles. The van der Waals surface area contributed by atoms with Crippen molar-refractivity contribution in [3.63, 3.8) is 0 Å². The topological polar surface area (TPSA) is 58.9 Å². The lowest BCUT2D eigenvalue weighted by molar-refractivity contribution is -0.349. The molecule has 0 spiro atoms. The minimum absolute atomic E-state index is 0.117. The summed E-state index contributed by atoms with van der Waals surface area (Å²) in [6.07, 6.45) is 4.34. The lowest BCUT2D eigenvalue weighted by Crippen LogP contribution is -2.38. The lowest BCUT2D eigenvalue weighted by atomic mass is 9.79. The molecule has 6 atom stereocenters. The van der Waals surface area contributed by atoms with Gasteiger partial charge in [0.15, 0.2) is 0 Å². The van der Waals surface area contributed by atoms with Crippen LogP contribution in [0.1, 0.15) is 54.4 Å². The van der Waals surface area contributed by atoms with E-state index in [1.54, 1.807) is 0 Å². The Morgan fingerprint density at radius 3 is 2.08 bits per heavy atom. The maximum atomic E-state index is 10.2. The fraction of sp³-hybridized carbons (Fsp3) is 0.800. The summed E-state index contributed by atoms with van der Waals surface area (Å²) in [6, 6.07) is 0. The summed E-state index contributed by atoms with van der Waals surface area (Å²) >= 11 is 0. The van der Waals surface area contributed by atoms with E-state index in [1.165, 1.54) is 0 Å². The second kappa shape index (κ2) is 8.13. The van der Waals surface area contributed by atoms with Gasteiger partial charge in [-0.05, 0) is 61.5 Å². The second-order valence-corrected chi connectivity index (χ2v) is 8.26. The molecule has 0 radical (unpaired) electrons. The van der Waals surface area contributed by atoms with E-state index in [0.717, 1.165) is 17.6 Å². The van der Waals surface area contributed by atoms with E-state index >= 15 is 0 Å². The highest BCUT2D eigenvalue weighted by Gasteiger charge is 2.35. The number of hydrogen-bond acceptors (Lipinski definition) is 4. The van der Waals surface area contributed by atoms with Crippen LogP contribution in [0.2, 0.25) is 0 Å². The van der Waals surface area contributed by atoms with Gasteiger partial charge in [0.1, 0.15) is 12.2 Å². The van der Waals surface area contributed by atoms with Gasteiger partial charge in [-0.1, -0.05) is 39.8 Å². The molecule has 0 saturated carbocycles. The zero-order valence-electron chi connectivity index (χ0n) is 15.9. The van der Waals surface area contributed by atoms with Gasteiger partial charge in [0.05, 0.1) is 12.2 Å². The molecule has 2 aliphatic rings. The summed E-state index contributed by atoms with van der Waals surface area (Å²) in [5, 5.41) is 20.3. The minimum atomic E-state index is -0.403. The van der Waals surface area contributed by atoms with Crippen LogP contribution < -0.4 is 0 Å². The van der Waals surface area contributed by atoms with E-state index in [-0.39, 0.29) is 30.1 Å². The molecule has 0 aromatic carbocycles. The predicted molar refractivity (Wildman–Crippen MR) is 95.2 cm³/mol. The molecule has 0 bridgehead atoms. The molecule has 24 heavy (non-hydrogen) atoms. The smallest absolute Gasteiger partial charge is 0.115 e. The van der Waals surface area contributed by atoms with E-state index in [4.69, 9.17) is 9.78 Å². The molecular formula is C20H34O4. The third-order valence-electron chi connectivity index (χ3n) is 5.73. The van der Waals surface area contributed by atoms with Gasteiger partial charge in [-0.15, -0.1) is 0 Å². The Hall–Kier alpha value is -0.680. The Bertz CT molecular complexity index is 480. The van der Waals surface area contributed by atoms with Crippen LogP contribution in [0.3, 0.4) is 0 Å². The van der Waals surface area contributed by atoms with Crippen molar-refractivity contribution in [2.75, 3.05) is 0 Å². The standard InChI is InChI=1S/C20H34O4/c1-11(2)15-10-19(14(6)7-18(15)22)23-24-20-8-13(5)17(21)9-16(20)12(3)4/h7-8,11-12,15-22H,9-10H2,1-6H3/t15-,16-,17+,18-,19+,20+/m1/s1. The van der Waals surface area contributed by atoms with Gasteiger partial charge < -0.3 is 10.2 Å². The molecule has 0 saturated heterocycles. The Kier molecular flexibility index (Phi) is 6.66. The molecule has 0 aromatic heterocycles. The average molecular weight is 338 g/mol. The van der Waals surface area contributed by atoms with Crippen LogP contribution in [0.5, 0.6) is 0 Å². The average Bonchev–Trinajstić information content (AvgIpc) is 2.48. The molecule has 4 nitrogen and oxygen atoms in total. The van der Waals surface area contributed by atoms with E-state index in [9.17, 15) is 10.2 Å². The van der Waals surface area contributed by atoms with Crippen molar-refractivity contribution in [3.8, 4) is 0 Å². The van der Waals surface area contributed by atoms with Gasteiger partial charge in [-0.25, -0.2) is 9.78 Å². The van der Waals surface area contributed by atoms with E-state index in [1.807, 2.05) is 26.0 Å². The van der Waals surface area contributed by atoms with Crippen molar-refractivity contribution in [2.24, 2.45) is 23.7 Å². The van der Waals surface area contributed by atoms with Crippen molar-refractivity contribution < 1.29 is 20.0 Å². The first-order valence-corrected chi connectivity index (χ1v) is 9.25. The number of rotatable bonds is 5. The monoisotopic (exact) mass is 338 g/mol. The van der Waals surface area contributed by atoms with Gasteiger partial charge in [0.25, 0.3) is 0 Å². The summed E-state index contributed by atoms with van der Waals surface area (Å²) in [5.41, 5.74) is 1.98. The molecule has 2 N–H and O–H groups in total. The highest BCUT2D eigenvalue weighted by Crippen LogP contribution is 2.35. The molecule has 0 aromatic rings. The van der Waals surface area contributed by atoms with Gasteiger partial charge in [-0.2, -0.15) is 0 Å². The zero-order chi connectivity index (χ0) is 18.0. The Labute approximate surface area is 146 Å². The number of aliphatic hydroxyl groups is 2. The fourth-order valence-corrected chi connectivity index (χ4v) is 3.81. The predicted octanol–water partition coefficient (Wildman–Crippen LogP) is 3.64. The van der Waals surface area contributed by atoms with Crippen molar-refractivity contribution in [1.82, 2.24) is 0 Å². The van der Waals surface area contributed by atoms with Gasteiger partial charge in [0, 0.05) is 0 Å². The maximum absolute atomic E-state index is 10.2. The molecule has 0 unspecified atom stereocenters. The first-order chi connectivity index (χ1) is 11.2. The SMILES string of the molecule is CC1=C[C@@H](O)[C@@H](C(C)C)C[C@@H]1OO[C@H]1C=C(C)[C@@H](O)C[C@@H]1C(C)C. The number of aliphatic hydroxyl groups excluding tert-OH is 2. The van der Waals surface area contributed by atoms with Crippen molar-refractivity contribution in [3.05, 3.63) is 23.3 Å². The van der Waals surface area contributed by atoms with E-state index < -0.39 is 6.10 Å².